The Morgan fingerprint density at radius 1 is 1.42 bits per heavy atom. The first-order valence-corrected chi connectivity index (χ1v) is 6.66. The first-order valence-electron chi connectivity index (χ1n) is 6.66. The number of urea groups is 1. The molecule has 0 aromatic carbocycles. The Morgan fingerprint density at radius 3 is 2.47 bits per heavy atom. The van der Waals surface area contributed by atoms with E-state index in [0.29, 0.717) is 12.5 Å². The van der Waals surface area contributed by atoms with Crippen molar-refractivity contribution in [3.05, 3.63) is 0 Å². The maximum absolute atomic E-state index is 11.7. The summed E-state index contributed by atoms with van der Waals surface area (Å²) in [5, 5.41) is 14.4. The zero-order valence-electron chi connectivity index (χ0n) is 12.2. The molecule has 0 bridgehead atoms. The molecule has 1 heterocycles. The second-order valence-corrected chi connectivity index (χ2v) is 6.41. The van der Waals surface area contributed by atoms with Crippen molar-refractivity contribution in [3.8, 4) is 0 Å². The van der Waals surface area contributed by atoms with Crippen LogP contribution in [0.5, 0.6) is 0 Å². The molecule has 0 saturated carbocycles. The summed E-state index contributed by atoms with van der Waals surface area (Å²) in [4.78, 5) is 25.1. The minimum atomic E-state index is -1.01. The van der Waals surface area contributed by atoms with Crippen molar-refractivity contribution in [1.82, 2.24) is 15.5 Å². The van der Waals surface area contributed by atoms with E-state index in [1.54, 1.807) is 20.8 Å². The molecule has 0 aliphatic carbocycles. The van der Waals surface area contributed by atoms with Crippen LogP contribution in [0.2, 0.25) is 0 Å². The van der Waals surface area contributed by atoms with Crippen molar-refractivity contribution < 1.29 is 14.7 Å². The predicted octanol–water partition coefficient (Wildman–Crippen LogP) is 0.737. The van der Waals surface area contributed by atoms with Crippen LogP contribution in [-0.4, -0.2) is 54.7 Å². The van der Waals surface area contributed by atoms with E-state index in [-0.39, 0.29) is 0 Å². The summed E-state index contributed by atoms with van der Waals surface area (Å²) in [7, 11) is 2.06. The lowest BCUT2D eigenvalue weighted by Crippen LogP contribution is -2.52. The van der Waals surface area contributed by atoms with E-state index in [2.05, 4.69) is 22.6 Å². The molecule has 19 heavy (non-hydrogen) atoms. The Hall–Kier alpha value is -1.30. The molecular weight excluding hydrogens is 246 g/mol. The fourth-order valence-electron chi connectivity index (χ4n) is 2.26. The highest BCUT2D eigenvalue weighted by Crippen LogP contribution is 2.19. The molecule has 6 heteroatoms. The average molecular weight is 271 g/mol. The molecule has 0 radical (unpaired) electrons. The number of carbonyl (C=O) groups is 2. The minimum absolute atomic E-state index is 0.406. The number of carboxylic acid groups (broad SMARTS) is 1. The van der Waals surface area contributed by atoms with E-state index in [4.69, 9.17) is 5.11 Å². The number of carbonyl (C=O) groups excluding carboxylic acids is 1. The molecule has 1 rings (SSSR count). The Morgan fingerprint density at radius 2 is 2.05 bits per heavy atom. The standard InChI is InChI=1S/C13H25N3O3/c1-13(2,3)10(11(17)18)15-12(19)14-7-9-5-6-16(4)8-9/h9-10H,5-8H2,1-4H3,(H,17,18)(H2,14,15,19)/t9?,10-/m0/s1. The molecule has 0 aromatic rings. The molecular formula is C13H25N3O3. The third-order valence-corrected chi connectivity index (χ3v) is 3.43. The van der Waals surface area contributed by atoms with E-state index in [0.717, 1.165) is 19.5 Å². The van der Waals surface area contributed by atoms with Crippen LogP contribution in [0.15, 0.2) is 0 Å². The lowest BCUT2D eigenvalue weighted by atomic mass is 9.87. The molecule has 2 atom stereocenters. The maximum Gasteiger partial charge on any atom is 0.326 e. The van der Waals surface area contributed by atoms with E-state index in [1.165, 1.54) is 0 Å². The highest BCUT2D eigenvalue weighted by molar-refractivity contribution is 5.83. The number of hydrogen-bond donors (Lipinski definition) is 3. The van der Waals surface area contributed by atoms with E-state index in [9.17, 15) is 9.59 Å². The molecule has 1 aliphatic rings. The number of nitrogens with zero attached hydrogens (tertiary/aromatic N) is 1. The minimum Gasteiger partial charge on any atom is -0.480 e. The van der Waals surface area contributed by atoms with Gasteiger partial charge in [0.05, 0.1) is 0 Å². The number of aliphatic carboxylic acids is 1. The molecule has 1 aliphatic heterocycles. The number of rotatable bonds is 4. The third-order valence-electron chi connectivity index (χ3n) is 3.43. The molecule has 1 unspecified atom stereocenters. The normalized spacial score (nSPS) is 22.0. The second kappa shape index (κ2) is 6.23. The number of nitrogens with one attached hydrogen (secondary N) is 2. The second-order valence-electron chi connectivity index (χ2n) is 6.41. The zero-order chi connectivity index (χ0) is 14.6. The van der Waals surface area contributed by atoms with Gasteiger partial charge in [-0.1, -0.05) is 20.8 Å². The Labute approximate surface area is 114 Å². The molecule has 1 saturated heterocycles. The Kier molecular flexibility index (Phi) is 5.17. The quantitative estimate of drug-likeness (QED) is 0.704. The molecule has 110 valence electrons. The van der Waals surface area contributed by atoms with Gasteiger partial charge in [-0.2, -0.15) is 0 Å². The van der Waals surface area contributed by atoms with Gasteiger partial charge in [-0.05, 0) is 31.3 Å². The van der Waals surface area contributed by atoms with Crippen LogP contribution in [-0.2, 0) is 4.79 Å². The van der Waals surface area contributed by atoms with Crippen LogP contribution in [0.4, 0.5) is 4.79 Å². The number of amides is 2. The van der Waals surface area contributed by atoms with Gasteiger partial charge in [0.2, 0.25) is 0 Å². The summed E-state index contributed by atoms with van der Waals surface area (Å²) in [6, 6.07) is -1.30. The summed E-state index contributed by atoms with van der Waals surface area (Å²) in [5.41, 5.74) is -0.517. The van der Waals surface area contributed by atoms with Crippen molar-refractivity contribution in [2.75, 3.05) is 26.7 Å². The van der Waals surface area contributed by atoms with Crippen LogP contribution < -0.4 is 10.6 Å². The van der Waals surface area contributed by atoms with Gasteiger partial charge in [0.15, 0.2) is 0 Å². The summed E-state index contributed by atoms with van der Waals surface area (Å²) in [6.07, 6.45) is 1.07. The van der Waals surface area contributed by atoms with Gasteiger partial charge in [0.1, 0.15) is 6.04 Å². The number of likely N-dealkylation sites (tertiary alicyclic amines) is 1. The summed E-state index contributed by atoms with van der Waals surface area (Å²) < 4.78 is 0. The van der Waals surface area contributed by atoms with Gasteiger partial charge in [-0.3, -0.25) is 0 Å². The monoisotopic (exact) mass is 271 g/mol. The number of hydrogen-bond acceptors (Lipinski definition) is 3. The zero-order valence-corrected chi connectivity index (χ0v) is 12.2. The van der Waals surface area contributed by atoms with Gasteiger partial charge in [0, 0.05) is 13.1 Å². The van der Waals surface area contributed by atoms with Crippen molar-refractivity contribution in [2.24, 2.45) is 11.3 Å². The lowest BCUT2D eigenvalue weighted by molar-refractivity contribution is -0.141. The largest absolute Gasteiger partial charge is 0.480 e. The van der Waals surface area contributed by atoms with Gasteiger partial charge in [-0.25, -0.2) is 9.59 Å². The molecule has 0 aromatic heterocycles. The van der Waals surface area contributed by atoms with Crippen molar-refractivity contribution in [1.29, 1.82) is 0 Å². The average Bonchev–Trinajstić information content (AvgIpc) is 2.67. The van der Waals surface area contributed by atoms with Crippen LogP contribution >= 0.6 is 0 Å². The highest BCUT2D eigenvalue weighted by Gasteiger charge is 2.32. The first kappa shape index (κ1) is 15.8. The van der Waals surface area contributed by atoms with Gasteiger partial charge >= 0.3 is 12.0 Å². The van der Waals surface area contributed by atoms with Crippen LogP contribution in [0.25, 0.3) is 0 Å². The van der Waals surface area contributed by atoms with Crippen molar-refractivity contribution >= 4 is 12.0 Å². The highest BCUT2D eigenvalue weighted by atomic mass is 16.4. The molecule has 0 spiro atoms. The van der Waals surface area contributed by atoms with Crippen LogP contribution in [0.1, 0.15) is 27.2 Å². The summed E-state index contributed by atoms with van der Waals surface area (Å²) in [5.74, 6) is -0.558. The SMILES string of the molecule is CN1CCC(CNC(=O)N[C@@H](C(=O)O)C(C)(C)C)C1. The summed E-state index contributed by atoms with van der Waals surface area (Å²) in [6.45, 7) is 7.98. The molecule has 3 N–H and O–H groups in total. The molecule has 2 amide bonds. The van der Waals surface area contributed by atoms with E-state index in [1.807, 2.05) is 0 Å². The predicted molar refractivity (Wildman–Crippen MR) is 73.0 cm³/mol. The van der Waals surface area contributed by atoms with Crippen LogP contribution in [0.3, 0.4) is 0 Å². The fraction of sp³-hybridized carbons (Fsp3) is 0.846. The van der Waals surface area contributed by atoms with E-state index < -0.39 is 23.5 Å². The topological polar surface area (TPSA) is 81.7 Å². The molecule has 1 fully saturated rings. The summed E-state index contributed by atoms with van der Waals surface area (Å²) >= 11 is 0. The Balaban J connectivity index is 2.39. The van der Waals surface area contributed by atoms with Crippen LogP contribution in [0, 0.1) is 11.3 Å². The van der Waals surface area contributed by atoms with Crippen molar-refractivity contribution in [2.45, 2.75) is 33.2 Å². The van der Waals surface area contributed by atoms with Gasteiger partial charge in [0.25, 0.3) is 0 Å². The van der Waals surface area contributed by atoms with E-state index >= 15 is 0 Å². The maximum atomic E-state index is 11.7. The number of carboxylic acids is 1. The lowest BCUT2D eigenvalue weighted by Gasteiger charge is -2.28. The fourth-order valence-corrected chi connectivity index (χ4v) is 2.26. The Bertz CT molecular complexity index is 339. The van der Waals surface area contributed by atoms with Gasteiger partial charge < -0.3 is 20.6 Å². The molecule has 6 nitrogen and oxygen atoms in total. The van der Waals surface area contributed by atoms with Gasteiger partial charge in [-0.15, -0.1) is 0 Å². The van der Waals surface area contributed by atoms with Crippen molar-refractivity contribution in [3.63, 3.8) is 0 Å². The first-order chi connectivity index (χ1) is 8.70. The third kappa shape index (κ3) is 5.06. The smallest absolute Gasteiger partial charge is 0.326 e.